The summed E-state index contributed by atoms with van der Waals surface area (Å²) in [7, 11) is 0. The molecule has 1 rings (SSSR count). The van der Waals surface area contributed by atoms with Gasteiger partial charge in [0.15, 0.2) is 5.96 Å². The van der Waals surface area contributed by atoms with Gasteiger partial charge in [-0.1, -0.05) is 22.0 Å². The van der Waals surface area contributed by atoms with Gasteiger partial charge in [-0.05, 0) is 45.9 Å². The molecule has 0 saturated heterocycles. The van der Waals surface area contributed by atoms with Crippen LogP contribution in [0.25, 0.3) is 0 Å². The molecule has 1 aromatic rings. The van der Waals surface area contributed by atoms with Crippen LogP contribution in [0.2, 0.25) is 0 Å². The molecule has 1 aromatic carbocycles. The maximum atomic E-state index is 5.80. The molecule has 0 bridgehead atoms. The predicted octanol–water partition coefficient (Wildman–Crippen LogP) is 2.92. The highest BCUT2D eigenvalue weighted by Gasteiger charge is 2.10. The van der Waals surface area contributed by atoms with Crippen molar-refractivity contribution in [1.29, 1.82) is 0 Å². The largest absolute Gasteiger partial charge is 0.489 e. The number of guanidine groups is 1. The van der Waals surface area contributed by atoms with Crippen molar-refractivity contribution in [2.24, 2.45) is 10.7 Å². The van der Waals surface area contributed by atoms with Crippen molar-refractivity contribution >= 4 is 21.9 Å². The van der Waals surface area contributed by atoms with E-state index in [-0.39, 0.29) is 11.6 Å². The smallest absolute Gasteiger partial charge is 0.189 e. The summed E-state index contributed by atoms with van der Waals surface area (Å²) in [6.07, 6.45) is -0.0328. The first-order valence-electron chi connectivity index (χ1n) is 6.26. The molecule has 0 aromatic heterocycles. The molecule has 19 heavy (non-hydrogen) atoms. The Bertz CT molecular complexity index is 441. The second-order valence-electron chi connectivity index (χ2n) is 5.49. The Morgan fingerprint density at radius 2 is 2.16 bits per heavy atom. The topological polar surface area (TPSA) is 59.6 Å². The van der Waals surface area contributed by atoms with Gasteiger partial charge in [-0.2, -0.15) is 0 Å². The van der Waals surface area contributed by atoms with E-state index in [4.69, 9.17) is 10.5 Å². The average molecular weight is 328 g/mol. The van der Waals surface area contributed by atoms with Gasteiger partial charge in [0.2, 0.25) is 0 Å². The molecule has 0 aliphatic heterocycles. The molecule has 0 spiro atoms. The minimum Gasteiger partial charge on any atom is -0.489 e. The fraction of sp³-hybridized carbons (Fsp3) is 0.500. The second-order valence-corrected chi connectivity index (χ2v) is 6.40. The van der Waals surface area contributed by atoms with Crippen LogP contribution >= 0.6 is 15.9 Å². The standard InChI is InChI=1S/C14H22BrN3O/c1-10(9-17-13(16)18-14(2,3)4)19-12-7-5-6-11(15)8-12/h5-8,10H,9H2,1-4H3,(H3,16,17,18). The molecule has 0 heterocycles. The summed E-state index contributed by atoms with van der Waals surface area (Å²) in [5, 5.41) is 3.11. The van der Waals surface area contributed by atoms with E-state index < -0.39 is 0 Å². The van der Waals surface area contributed by atoms with Crippen LogP contribution in [-0.2, 0) is 0 Å². The Hall–Kier alpha value is -1.23. The number of ether oxygens (including phenoxy) is 1. The van der Waals surface area contributed by atoms with Crippen LogP contribution in [0.3, 0.4) is 0 Å². The van der Waals surface area contributed by atoms with Gasteiger partial charge < -0.3 is 15.8 Å². The fourth-order valence-corrected chi connectivity index (χ4v) is 1.84. The Labute approximate surface area is 123 Å². The maximum Gasteiger partial charge on any atom is 0.189 e. The Kier molecular flexibility index (Phi) is 5.66. The van der Waals surface area contributed by atoms with E-state index in [1.165, 1.54) is 0 Å². The number of nitrogens with one attached hydrogen (secondary N) is 1. The van der Waals surface area contributed by atoms with E-state index in [9.17, 15) is 0 Å². The first-order chi connectivity index (χ1) is 8.76. The van der Waals surface area contributed by atoms with Crippen LogP contribution in [0.4, 0.5) is 0 Å². The lowest BCUT2D eigenvalue weighted by Gasteiger charge is -2.21. The predicted molar refractivity (Wildman–Crippen MR) is 83.6 cm³/mol. The minimum atomic E-state index is -0.0814. The third-order valence-corrected chi connectivity index (χ3v) is 2.65. The number of halogens is 1. The Morgan fingerprint density at radius 3 is 2.74 bits per heavy atom. The van der Waals surface area contributed by atoms with Gasteiger partial charge in [0, 0.05) is 10.0 Å². The molecule has 1 atom stereocenters. The number of rotatable bonds is 4. The van der Waals surface area contributed by atoms with Crippen molar-refractivity contribution in [3.8, 4) is 5.75 Å². The van der Waals surface area contributed by atoms with Crippen molar-refractivity contribution in [3.05, 3.63) is 28.7 Å². The fourth-order valence-electron chi connectivity index (χ4n) is 1.46. The number of nitrogens with zero attached hydrogens (tertiary/aromatic N) is 1. The first-order valence-corrected chi connectivity index (χ1v) is 7.06. The van der Waals surface area contributed by atoms with E-state index in [2.05, 4.69) is 26.2 Å². The molecule has 1 unspecified atom stereocenters. The SMILES string of the molecule is CC(CN=C(N)NC(C)(C)C)Oc1cccc(Br)c1. The molecular weight excluding hydrogens is 306 g/mol. The highest BCUT2D eigenvalue weighted by Crippen LogP contribution is 2.18. The zero-order valence-electron chi connectivity index (χ0n) is 11.9. The minimum absolute atomic E-state index is 0.0328. The molecular formula is C14H22BrN3O. The molecule has 0 amide bonds. The summed E-state index contributed by atoms with van der Waals surface area (Å²) in [6, 6.07) is 7.74. The van der Waals surface area contributed by atoms with Crippen LogP contribution in [0, 0.1) is 0 Å². The van der Waals surface area contributed by atoms with Gasteiger partial charge in [0.25, 0.3) is 0 Å². The number of benzene rings is 1. The zero-order chi connectivity index (χ0) is 14.5. The van der Waals surface area contributed by atoms with E-state index in [1.807, 2.05) is 52.0 Å². The zero-order valence-corrected chi connectivity index (χ0v) is 13.5. The quantitative estimate of drug-likeness (QED) is 0.660. The molecule has 4 nitrogen and oxygen atoms in total. The number of nitrogens with two attached hydrogens (primary N) is 1. The molecule has 106 valence electrons. The van der Waals surface area contributed by atoms with Crippen LogP contribution in [-0.4, -0.2) is 24.1 Å². The van der Waals surface area contributed by atoms with E-state index in [0.29, 0.717) is 12.5 Å². The number of hydrogen-bond acceptors (Lipinski definition) is 2. The summed E-state index contributed by atoms with van der Waals surface area (Å²) in [5.41, 5.74) is 5.72. The highest BCUT2D eigenvalue weighted by atomic mass is 79.9. The van der Waals surface area contributed by atoms with Gasteiger partial charge >= 0.3 is 0 Å². The first kappa shape index (κ1) is 15.8. The van der Waals surface area contributed by atoms with E-state index >= 15 is 0 Å². The summed E-state index contributed by atoms with van der Waals surface area (Å²) in [6.45, 7) is 8.60. The summed E-state index contributed by atoms with van der Waals surface area (Å²) >= 11 is 3.41. The lowest BCUT2D eigenvalue weighted by molar-refractivity contribution is 0.230. The van der Waals surface area contributed by atoms with Crippen LogP contribution in [0.15, 0.2) is 33.7 Å². The summed E-state index contributed by atoms with van der Waals surface area (Å²) in [4.78, 5) is 4.27. The molecule has 0 fully saturated rings. The van der Waals surface area contributed by atoms with Gasteiger partial charge in [0.1, 0.15) is 11.9 Å². The average Bonchev–Trinajstić information content (AvgIpc) is 2.24. The highest BCUT2D eigenvalue weighted by molar-refractivity contribution is 9.10. The Morgan fingerprint density at radius 1 is 1.47 bits per heavy atom. The van der Waals surface area contributed by atoms with Gasteiger partial charge in [-0.3, -0.25) is 0 Å². The van der Waals surface area contributed by atoms with E-state index in [0.717, 1.165) is 10.2 Å². The monoisotopic (exact) mass is 327 g/mol. The normalized spacial score (nSPS) is 14.1. The van der Waals surface area contributed by atoms with Gasteiger partial charge in [0.05, 0.1) is 6.54 Å². The van der Waals surface area contributed by atoms with Crippen molar-refractivity contribution in [2.45, 2.75) is 39.3 Å². The van der Waals surface area contributed by atoms with Crippen molar-refractivity contribution in [3.63, 3.8) is 0 Å². The van der Waals surface area contributed by atoms with Crippen molar-refractivity contribution < 1.29 is 4.74 Å². The van der Waals surface area contributed by atoms with Gasteiger partial charge in [-0.25, -0.2) is 4.99 Å². The molecule has 0 aliphatic carbocycles. The lowest BCUT2D eigenvalue weighted by atomic mass is 10.1. The van der Waals surface area contributed by atoms with Crippen LogP contribution in [0.1, 0.15) is 27.7 Å². The third kappa shape index (κ3) is 7.06. The van der Waals surface area contributed by atoms with Crippen LogP contribution < -0.4 is 15.8 Å². The van der Waals surface area contributed by atoms with Crippen LogP contribution in [0.5, 0.6) is 5.75 Å². The van der Waals surface area contributed by atoms with Gasteiger partial charge in [-0.15, -0.1) is 0 Å². The van der Waals surface area contributed by atoms with Crippen molar-refractivity contribution in [2.75, 3.05) is 6.54 Å². The Balaban J connectivity index is 2.47. The number of aliphatic imine (C=N–C) groups is 1. The molecule has 3 N–H and O–H groups in total. The van der Waals surface area contributed by atoms with E-state index in [1.54, 1.807) is 0 Å². The second kappa shape index (κ2) is 6.80. The summed E-state index contributed by atoms with van der Waals surface area (Å²) < 4.78 is 6.75. The molecule has 0 aliphatic rings. The number of hydrogen-bond donors (Lipinski definition) is 2. The lowest BCUT2D eigenvalue weighted by Crippen LogP contribution is -2.45. The molecule has 5 heteroatoms. The van der Waals surface area contributed by atoms with Crippen molar-refractivity contribution in [1.82, 2.24) is 5.32 Å². The summed E-state index contributed by atoms with van der Waals surface area (Å²) in [5.74, 6) is 1.26. The molecule has 0 radical (unpaired) electrons. The maximum absolute atomic E-state index is 5.80. The molecule has 0 saturated carbocycles. The third-order valence-electron chi connectivity index (χ3n) is 2.16.